The number of hydrogen-bond acceptors (Lipinski definition) is 5. The molecular formula is C16H19ClN2O3S2. The summed E-state index contributed by atoms with van der Waals surface area (Å²) < 4.78 is 33.3. The highest BCUT2D eigenvalue weighted by atomic mass is 35.5. The molecule has 1 N–H and O–H groups in total. The molecule has 5 nitrogen and oxygen atoms in total. The zero-order valence-corrected chi connectivity index (χ0v) is 15.6. The Balaban J connectivity index is 1.70. The van der Waals surface area contributed by atoms with Crippen molar-refractivity contribution in [2.24, 2.45) is 0 Å². The first-order chi connectivity index (χ1) is 11.5. The number of rotatable bonds is 5. The second kappa shape index (κ2) is 7.31. The number of piperidine rings is 1. The van der Waals surface area contributed by atoms with Gasteiger partial charge in [0.2, 0.25) is 0 Å². The third kappa shape index (κ3) is 4.03. The van der Waals surface area contributed by atoms with E-state index < -0.39 is 10.0 Å². The van der Waals surface area contributed by atoms with E-state index in [1.54, 1.807) is 25.3 Å². The molecule has 0 spiro atoms. The number of benzene rings is 1. The summed E-state index contributed by atoms with van der Waals surface area (Å²) in [5.41, 5.74) is 1.60. The first kappa shape index (κ1) is 17.5. The minimum Gasteiger partial charge on any atom is -0.380 e. The second-order valence-electron chi connectivity index (χ2n) is 5.66. The number of anilines is 2. The van der Waals surface area contributed by atoms with Crippen LogP contribution in [-0.2, 0) is 14.8 Å². The molecule has 3 rings (SSSR count). The highest BCUT2D eigenvalue weighted by molar-refractivity contribution is 7.94. The molecule has 1 aromatic heterocycles. The van der Waals surface area contributed by atoms with Gasteiger partial charge in [-0.1, -0.05) is 11.6 Å². The van der Waals surface area contributed by atoms with Gasteiger partial charge in [-0.3, -0.25) is 4.72 Å². The molecule has 1 aliphatic rings. The lowest BCUT2D eigenvalue weighted by Crippen LogP contribution is -2.39. The smallest absolute Gasteiger partial charge is 0.271 e. The van der Waals surface area contributed by atoms with E-state index >= 15 is 0 Å². The highest BCUT2D eigenvalue weighted by Crippen LogP contribution is 2.28. The van der Waals surface area contributed by atoms with Gasteiger partial charge in [-0.15, -0.1) is 11.3 Å². The number of thiophene rings is 1. The molecule has 0 saturated carbocycles. The summed E-state index contributed by atoms with van der Waals surface area (Å²) in [5, 5.41) is 0. The van der Waals surface area contributed by atoms with E-state index in [9.17, 15) is 8.42 Å². The van der Waals surface area contributed by atoms with E-state index in [1.807, 2.05) is 12.1 Å². The summed E-state index contributed by atoms with van der Waals surface area (Å²) in [4.78, 5) is 2.26. The minimum absolute atomic E-state index is 0.204. The standard InChI is InChI=1S/C16H19ClN2O3S2/c1-22-14-3-2-10-19(11-14)13-6-4-12(5-7-13)18-24(20,21)16-9-8-15(17)23-16/h4-9,14,18H,2-3,10-11H2,1H3. The Bertz CT molecular complexity index is 790. The van der Waals surface area contributed by atoms with E-state index in [1.165, 1.54) is 6.07 Å². The SMILES string of the molecule is COC1CCCN(c2ccc(NS(=O)(=O)c3ccc(Cl)s3)cc2)C1. The summed E-state index contributed by atoms with van der Waals surface area (Å²) in [6.07, 6.45) is 2.42. The number of hydrogen-bond donors (Lipinski definition) is 1. The lowest BCUT2D eigenvalue weighted by Gasteiger charge is -2.33. The number of ether oxygens (including phenoxy) is 1. The first-order valence-electron chi connectivity index (χ1n) is 7.64. The predicted octanol–water partition coefficient (Wildman–Crippen LogP) is 3.82. The average Bonchev–Trinajstić information content (AvgIpc) is 3.03. The van der Waals surface area contributed by atoms with E-state index in [2.05, 4.69) is 9.62 Å². The van der Waals surface area contributed by atoms with Crippen molar-refractivity contribution in [3.05, 3.63) is 40.7 Å². The Morgan fingerprint density at radius 1 is 1.25 bits per heavy atom. The van der Waals surface area contributed by atoms with Crippen LogP contribution >= 0.6 is 22.9 Å². The predicted molar refractivity (Wildman–Crippen MR) is 98.8 cm³/mol. The van der Waals surface area contributed by atoms with Gasteiger partial charge in [-0.05, 0) is 49.2 Å². The van der Waals surface area contributed by atoms with Crippen molar-refractivity contribution in [2.75, 3.05) is 29.8 Å². The van der Waals surface area contributed by atoms with Crippen molar-refractivity contribution >= 4 is 44.3 Å². The summed E-state index contributed by atoms with van der Waals surface area (Å²) in [6, 6.07) is 10.5. The molecule has 1 fully saturated rings. The van der Waals surface area contributed by atoms with Crippen LogP contribution in [0.4, 0.5) is 11.4 Å². The maximum atomic E-state index is 12.3. The summed E-state index contributed by atoms with van der Waals surface area (Å²) in [7, 11) is -1.85. The molecule has 2 aromatic rings. The van der Waals surface area contributed by atoms with Crippen molar-refractivity contribution in [3.63, 3.8) is 0 Å². The van der Waals surface area contributed by atoms with E-state index in [0.717, 1.165) is 43.0 Å². The molecule has 24 heavy (non-hydrogen) atoms. The van der Waals surface area contributed by atoms with Crippen LogP contribution in [0.3, 0.4) is 0 Å². The Labute approximate surface area is 151 Å². The Hall–Kier alpha value is -1.28. The van der Waals surface area contributed by atoms with Gasteiger partial charge >= 0.3 is 0 Å². The van der Waals surface area contributed by atoms with Gasteiger partial charge in [0.1, 0.15) is 4.21 Å². The van der Waals surface area contributed by atoms with E-state index in [0.29, 0.717) is 10.0 Å². The van der Waals surface area contributed by atoms with Crippen LogP contribution in [0.5, 0.6) is 0 Å². The van der Waals surface area contributed by atoms with Crippen LogP contribution in [-0.4, -0.2) is 34.7 Å². The van der Waals surface area contributed by atoms with Crippen LogP contribution in [0.1, 0.15) is 12.8 Å². The Morgan fingerprint density at radius 3 is 2.62 bits per heavy atom. The van der Waals surface area contributed by atoms with Crippen molar-refractivity contribution in [3.8, 4) is 0 Å². The third-order valence-corrected chi connectivity index (χ3v) is 7.11. The lowest BCUT2D eigenvalue weighted by atomic mass is 10.1. The molecule has 2 heterocycles. The van der Waals surface area contributed by atoms with Gasteiger partial charge in [0, 0.05) is 31.6 Å². The minimum atomic E-state index is -3.59. The molecule has 1 unspecified atom stereocenters. The van der Waals surface area contributed by atoms with Crippen LogP contribution in [0.2, 0.25) is 4.34 Å². The molecule has 1 atom stereocenters. The van der Waals surface area contributed by atoms with Gasteiger partial charge in [-0.25, -0.2) is 8.42 Å². The second-order valence-corrected chi connectivity index (χ2v) is 9.28. The normalized spacial score (nSPS) is 18.6. The molecule has 1 aromatic carbocycles. The lowest BCUT2D eigenvalue weighted by molar-refractivity contribution is 0.0893. The molecule has 8 heteroatoms. The van der Waals surface area contributed by atoms with Gasteiger partial charge < -0.3 is 9.64 Å². The van der Waals surface area contributed by atoms with E-state index in [-0.39, 0.29) is 10.3 Å². The third-order valence-electron chi connectivity index (χ3n) is 4.01. The van der Waals surface area contributed by atoms with Crippen LogP contribution in [0.15, 0.2) is 40.6 Å². The number of halogens is 1. The Kier molecular flexibility index (Phi) is 5.34. The van der Waals surface area contributed by atoms with E-state index in [4.69, 9.17) is 16.3 Å². The summed E-state index contributed by atoms with van der Waals surface area (Å²) in [6.45, 7) is 1.84. The molecule has 1 saturated heterocycles. The molecule has 1 aliphatic heterocycles. The first-order valence-corrected chi connectivity index (χ1v) is 10.3. The molecule has 0 aliphatic carbocycles. The summed E-state index contributed by atoms with van der Waals surface area (Å²) >= 11 is 6.85. The maximum absolute atomic E-state index is 12.3. The topological polar surface area (TPSA) is 58.6 Å². The number of sulfonamides is 1. The molecule has 0 amide bonds. The van der Waals surface area contributed by atoms with Crippen LogP contribution < -0.4 is 9.62 Å². The fourth-order valence-corrected chi connectivity index (χ4v) is 5.29. The van der Waals surface area contributed by atoms with Crippen molar-refractivity contribution < 1.29 is 13.2 Å². The molecule has 0 bridgehead atoms. The highest BCUT2D eigenvalue weighted by Gasteiger charge is 2.20. The zero-order valence-electron chi connectivity index (χ0n) is 13.2. The number of nitrogens with zero attached hydrogens (tertiary/aromatic N) is 1. The fourth-order valence-electron chi connectivity index (χ4n) is 2.75. The quantitative estimate of drug-likeness (QED) is 0.848. The number of nitrogens with one attached hydrogen (secondary N) is 1. The Morgan fingerprint density at radius 2 is 2.00 bits per heavy atom. The van der Waals surface area contributed by atoms with Crippen LogP contribution in [0, 0.1) is 0 Å². The molecular weight excluding hydrogens is 368 g/mol. The van der Waals surface area contributed by atoms with Crippen LogP contribution in [0.25, 0.3) is 0 Å². The average molecular weight is 387 g/mol. The maximum Gasteiger partial charge on any atom is 0.271 e. The monoisotopic (exact) mass is 386 g/mol. The van der Waals surface area contributed by atoms with Gasteiger partial charge in [-0.2, -0.15) is 0 Å². The van der Waals surface area contributed by atoms with Gasteiger partial charge in [0.05, 0.1) is 10.4 Å². The van der Waals surface area contributed by atoms with Crippen molar-refractivity contribution in [1.29, 1.82) is 0 Å². The summed E-state index contributed by atoms with van der Waals surface area (Å²) in [5.74, 6) is 0. The van der Waals surface area contributed by atoms with Gasteiger partial charge in [0.15, 0.2) is 0 Å². The van der Waals surface area contributed by atoms with Gasteiger partial charge in [0.25, 0.3) is 10.0 Å². The van der Waals surface area contributed by atoms with Crippen molar-refractivity contribution in [1.82, 2.24) is 0 Å². The molecule has 130 valence electrons. The largest absolute Gasteiger partial charge is 0.380 e. The van der Waals surface area contributed by atoms with Crippen molar-refractivity contribution in [2.45, 2.75) is 23.2 Å². The fraction of sp³-hybridized carbons (Fsp3) is 0.375. The zero-order chi connectivity index (χ0) is 17.2. The number of methoxy groups -OCH3 is 1. The molecule has 0 radical (unpaired) electrons.